The van der Waals surface area contributed by atoms with Crippen molar-refractivity contribution < 1.29 is 9.53 Å². The molecule has 1 aromatic heterocycles. The van der Waals surface area contributed by atoms with Crippen molar-refractivity contribution in [2.24, 2.45) is 5.92 Å². The van der Waals surface area contributed by atoms with Crippen molar-refractivity contribution in [3.8, 4) is 0 Å². The number of ether oxygens (including phenoxy) is 1. The van der Waals surface area contributed by atoms with E-state index in [1.165, 1.54) is 32.7 Å². The van der Waals surface area contributed by atoms with Gasteiger partial charge in [-0.2, -0.15) is 0 Å². The SMILES string of the molecule is CN1CCN(CC2CCN(C(=O)Nc3nc4c(s3)COCC4)CC2)CC1. The van der Waals surface area contributed by atoms with Crippen LogP contribution in [-0.2, 0) is 17.8 Å². The molecule has 2 amide bonds. The minimum Gasteiger partial charge on any atom is -0.375 e. The number of anilines is 1. The highest BCUT2D eigenvalue weighted by Gasteiger charge is 2.26. The monoisotopic (exact) mass is 379 g/mol. The number of carbonyl (C=O) groups is 1. The van der Waals surface area contributed by atoms with Gasteiger partial charge in [-0.3, -0.25) is 5.32 Å². The smallest absolute Gasteiger partial charge is 0.323 e. The van der Waals surface area contributed by atoms with Crippen molar-refractivity contribution >= 4 is 22.5 Å². The first kappa shape index (κ1) is 18.2. The van der Waals surface area contributed by atoms with Gasteiger partial charge < -0.3 is 19.4 Å². The summed E-state index contributed by atoms with van der Waals surface area (Å²) < 4.78 is 5.45. The Balaban J connectivity index is 1.22. The van der Waals surface area contributed by atoms with E-state index < -0.39 is 0 Å². The van der Waals surface area contributed by atoms with Crippen LogP contribution in [0.3, 0.4) is 0 Å². The van der Waals surface area contributed by atoms with Crippen molar-refractivity contribution in [3.63, 3.8) is 0 Å². The standard InChI is InChI=1S/C18H29N5O2S/c1-21-7-9-22(10-8-21)12-14-2-5-23(6-3-14)18(24)20-17-19-15-4-11-25-13-16(15)26-17/h14H,2-13H2,1H3,(H,19,20,24). The first-order chi connectivity index (χ1) is 12.7. The average Bonchev–Trinajstić information content (AvgIpc) is 3.06. The van der Waals surface area contributed by atoms with Gasteiger partial charge in [0.25, 0.3) is 0 Å². The lowest BCUT2D eigenvalue weighted by molar-refractivity contribution is 0.112. The van der Waals surface area contributed by atoms with E-state index in [1.54, 1.807) is 11.3 Å². The molecule has 4 rings (SSSR count). The minimum atomic E-state index is -0.00457. The number of piperidine rings is 1. The molecule has 7 nitrogen and oxygen atoms in total. The molecular weight excluding hydrogens is 350 g/mol. The molecule has 1 N–H and O–H groups in total. The Kier molecular flexibility index (Phi) is 5.73. The van der Waals surface area contributed by atoms with E-state index in [1.807, 2.05) is 4.90 Å². The number of nitrogens with one attached hydrogen (secondary N) is 1. The molecule has 0 saturated carbocycles. The van der Waals surface area contributed by atoms with Crippen molar-refractivity contribution in [1.29, 1.82) is 0 Å². The van der Waals surface area contributed by atoms with E-state index in [9.17, 15) is 4.79 Å². The third kappa shape index (κ3) is 4.36. The molecular formula is C18H29N5O2S. The number of likely N-dealkylation sites (tertiary alicyclic amines) is 1. The number of thiazole rings is 1. The van der Waals surface area contributed by atoms with Gasteiger partial charge in [-0.05, 0) is 25.8 Å². The number of piperazine rings is 1. The molecule has 3 aliphatic heterocycles. The molecule has 0 aliphatic carbocycles. The number of urea groups is 1. The molecule has 144 valence electrons. The van der Waals surface area contributed by atoms with Crippen molar-refractivity contribution in [2.75, 3.05) is 64.8 Å². The van der Waals surface area contributed by atoms with E-state index in [0.717, 1.165) is 49.5 Å². The lowest BCUT2D eigenvalue weighted by atomic mass is 9.96. The van der Waals surface area contributed by atoms with Crippen molar-refractivity contribution in [1.82, 2.24) is 19.7 Å². The molecule has 8 heteroatoms. The summed E-state index contributed by atoms with van der Waals surface area (Å²) in [6, 6.07) is -0.00457. The Morgan fingerprint density at radius 3 is 2.73 bits per heavy atom. The topological polar surface area (TPSA) is 60.9 Å². The van der Waals surface area contributed by atoms with Gasteiger partial charge in [-0.1, -0.05) is 11.3 Å². The maximum absolute atomic E-state index is 12.5. The van der Waals surface area contributed by atoms with E-state index in [4.69, 9.17) is 4.74 Å². The first-order valence-electron chi connectivity index (χ1n) is 9.70. The maximum atomic E-state index is 12.5. The van der Waals surface area contributed by atoms with Crippen LogP contribution in [0, 0.1) is 5.92 Å². The van der Waals surface area contributed by atoms with E-state index in [0.29, 0.717) is 17.7 Å². The quantitative estimate of drug-likeness (QED) is 0.866. The molecule has 0 aromatic carbocycles. The molecule has 0 radical (unpaired) electrons. The predicted molar refractivity (Wildman–Crippen MR) is 103 cm³/mol. The Hall–Kier alpha value is -1.22. The third-order valence-electron chi connectivity index (χ3n) is 5.72. The molecule has 3 aliphatic rings. The lowest BCUT2D eigenvalue weighted by Gasteiger charge is -2.37. The fourth-order valence-electron chi connectivity index (χ4n) is 3.96. The van der Waals surface area contributed by atoms with Gasteiger partial charge >= 0.3 is 6.03 Å². The van der Waals surface area contributed by atoms with Crippen LogP contribution in [0.2, 0.25) is 0 Å². The van der Waals surface area contributed by atoms with Gasteiger partial charge in [0.2, 0.25) is 0 Å². The highest BCUT2D eigenvalue weighted by Crippen LogP contribution is 2.27. The highest BCUT2D eigenvalue weighted by molar-refractivity contribution is 7.15. The number of nitrogens with zero attached hydrogens (tertiary/aromatic N) is 4. The van der Waals surface area contributed by atoms with Crippen molar-refractivity contribution in [2.45, 2.75) is 25.9 Å². The third-order valence-corrected chi connectivity index (χ3v) is 6.71. The zero-order chi connectivity index (χ0) is 17.9. The maximum Gasteiger partial charge on any atom is 0.323 e. The van der Waals surface area contributed by atoms with Crippen LogP contribution in [0.15, 0.2) is 0 Å². The summed E-state index contributed by atoms with van der Waals surface area (Å²) in [5.74, 6) is 0.715. The fourth-order valence-corrected chi connectivity index (χ4v) is 4.90. The normalized spacial score (nSPS) is 23.0. The van der Waals surface area contributed by atoms with Gasteiger partial charge in [0.15, 0.2) is 5.13 Å². The molecule has 0 unspecified atom stereocenters. The molecule has 0 atom stereocenters. The number of aromatic nitrogens is 1. The summed E-state index contributed by atoms with van der Waals surface area (Å²) in [4.78, 5) is 25.2. The van der Waals surface area contributed by atoms with Crippen LogP contribution < -0.4 is 5.32 Å². The molecule has 2 saturated heterocycles. The second-order valence-corrected chi connectivity index (χ2v) is 8.74. The highest BCUT2D eigenvalue weighted by atomic mass is 32.1. The summed E-state index contributed by atoms with van der Waals surface area (Å²) in [6.45, 7) is 8.92. The van der Waals surface area contributed by atoms with Gasteiger partial charge in [-0.15, -0.1) is 0 Å². The number of fused-ring (bicyclic) bond motifs is 1. The van der Waals surface area contributed by atoms with Crippen LogP contribution in [0.4, 0.5) is 9.93 Å². The van der Waals surface area contributed by atoms with Crippen LogP contribution in [-0.4, -0.2) is 85.2 Å². The number of amides is 2. The van der Waals surface area contributed by atoms with E-state index in [-0.39, 0.29) is 6.03 Å². The van der Waals surface area contributed by atoms with Gasteiger partial charge in [0.1, 0.15) is 0 Å². The number of carbonyl (C=O) groups excluding carboxylic acids is 1. The first-order valence-corrected chi connectivity index (χ1v) is 10.5. The van der Waals surface area contributed by atoms with Crippen LogP contribution in [0.5, 0.6) is 0 Å². The molecule has 1 aromatic rings. The second-order valence-electron chi connectivity index (χ2n) is 7.66. The zero-order valence-electron chi connectivity index (χ0n) is 15.6. The average molecular weight is 380 g/mol. The fraction of sp³-hybridized carbons (Fsp3) is 0.778. The van der Waals surface area contributed by atoms with Gasteiger partial charge in [0, 0.05) is 52.2 Å². The minimum absolute atomic E-state index is 0.00457. The van der Waals surface area contributed by atoms with Crippen LogP contribution >= 0.6 is 11.3 Å². The van der Waals surface area contributed by atoms with Crippen molar-refractivity contribution in [3.05, 3.63) is 10.6 Å². The van der Waals surface area contributed by atoms with Crippen LogP contribution in [0.1, 0.15) is 23.4 Å². The predicted octanol–water partition coefficient (Wildman–Crippen LogP) is 1.71. The number of hydrogen-bond donors (Lipinski definition) is 1. The molecule has 2 fully saturated rings. The largest absolute Gasteiger partial charge is 0.375 e. The summed E-state index contributed by atoms with van der Waals surface area (Å²) in [7, 11) is 2.19. The lowest BCUT2D eigenvalue weighted by Crippen LogP contribution is -2.48. The number of likely N-dealkylation sites (N-methyl/N-ethyl adjacent to an activating group) is 1. The molecule has 4 heterocycles. The Morgan fingerprint density at radius 2 is 2.00 bits per heavy atom. The number of rotatable bonds is 3. The summed E-state index contributed by atoms with van der Waals surface area (Å²) in [5, 5.41) is 3.71. The number of hydrogen-bond acceptors (Lipinski definition) is 6. The molecule has 0 bridgehead atoms. The van der Waals surface area contributed by atoms with Gasteiger partial charge in [0.05, 0.1) is 23.8 Å². The van der Waals surface area contributed by atoms with Gasteiger partial charge in [-0.25, -0.2) is 9.78 Å². The second kappa shape index (κ2) is 8.21. The summed E-state index contributed by atoms with van der Waals surface area (Å²) in [5.41, 5.74) is 1.09. The van der Waals surface area contributed by atoms with Crippen LogP contribution in [0.25, 0.3) is 0 Å². The summed E-state index contributed by atoms with van der Waals surface area (Å²) >= 11 is 1.55. The molecule has 26 heavy (non-hydrogen) atoms. The summed E-state index contributed by atoms with van der Waals surface area (Å²) in [6.07, 6.45) is 3.04. The van der Waals surface area contributed by atoms with E-state index >= 15 is 0 Å². The zero-order valence-corrected chi connectivity index (χ0v) is 16.4. The van der Waals surface area contributed by atoms with E-state index in [2.05, 4.69) is 27.1 Å². The Bertz CT molecular complexity index is 598. The Labute approximate surface area is 159 Å². The Morgan fingerprint density at radius 1 is 1.23 bits per heavy atom. The molecule has 0 spiro atoms.